The molecule has 33 heavy (non-hydrogen) atoms. The van der Waals surface area contributed by atoms with E-state index in [1.54, 1.807) is 10.6 Å². The molecule has 2 unspecified atom stereocenters. The van der Waals surface area contributed by atoms with Crippen LogP contribution in [0.1, 0.15) is 42.7 Å². The summed E-state index contributed by atoms with van der Waals surface area (Å²) in [6.07, 6.45) is 2.15. The van der Waals surface area contributed by atoms with Gasteiger partial charge in [-0.15, -0.1) is 0 Å². The molecule has 1 N–H and O–H groups in total. The van der Waals surface area contributed by atoms with Crippen LogP contribution in [0.15, 0.2) is 53.3 Å². The normalized spacial score (nSPS) is 33.4. The van der Waals surface area contributed by atoms with Crippen LogP contribution in [0.3, 0.4) is 0 Å². The summed E-state index contributed by atoms with van der Waals surface area (Å²) in [7, 11) is 0. The van der Waals surface area contributed by atoms with Crippen molar-refractivity contribution in [2.75, 3.05) is 11.4 Å². The Kier molecular flexibility index (Phi) is 3.10. The fourth-order valence-corrected chi connectivity index (χ4v) is 7.36. The van der Waals surface area contributed by atoms with Crippen molar-refractivity contribution in [3.05, 3.63) is 70.3 Å². The van der Waals surface area contributed by atoms with Crippen molar-refractivity contribution in [3.63, 3.8) is 0 Å². The second kappa shape index (κ2) is 5.69. The molecule has 8 heteroatoms. The van der Waals surface area contributed by atoms with Gasteiger partial charge in [-0.05, 0) is 43.0 Å². The Morgan fingerprint density at radius 2 is 1.82 bits per heavy atom. The first-order valence-electron chi connectivity index (χ1n) is 11.6. The smallest absolute Gasteiger partial charge is 0.262 e. The maximum absolute atomic E-state index is 13.5. The van der Waals surface area contributed by atoms with Crippen LogP contribution in [0.5, 0.6) is 0 Å². The zero-order chi connectivity index (χ0) is 22.1. The Labute approximate surface area is 188 Å². The molecule has 3 fully saturated rings. The highest BCUT2D eigenvalue weighted by atomic mass is 16.2. The molecule has 2 amide bonds. The van der Waals surface area contributed by atoms with E-state index in [1.165, 1.54) is 0 Å². The maximum Gasteiger partial charge on any atom is 0.262 e. The predicted octanol–water partition coefficient (Wildman–Crippen LogP) is 1.60. The van der Waals surface area contributed by atoms with E-state index in [0.29, 0.717) is 23.1 Å². The van der Waals surface area contributed by atoms with E-state index in [0.717, 1.165) is 30.6 Å². The number of hydrogen-bond acceptors (Lipinski definition) is 5. The molecule has 3 aromatic rings. The van der Waals surface area contributed by atoms with Crippen molar-refractivity contribution in [2.45, 2.75) is 49.0 Å². The van der Waals surface area contributed by atoms with Crippen LogP contribution in [-0.4, -0.2) is 45.0 Å². The second-order valence-electron chi connectivity index (χ2n) is 9.86. The first-order chi connectivity index (χ1) is 16.1. The van der Waals surface area contributed by atoms with Gasteiger partial charge in [0, 0.05) is 12.2 Å². The van der Waals surface area contributed by atoms with Gasteiger partial charge in [0.15, 0.2) is 0 Å². The van der Waals surface area contributed by atoms with Crippen LogP contribution < -0.4 is 15.8 Å². The summed E-state index contributed by atoms with van der Waals surface area (Å²) in [4.78, 5) is 49.4. The lowest BCUT2D eigenvalue weighted by Crippen LogP contribution is -2.66. The molecule has 164 valence electrons. The average molecular weight is 439 g/mol. The quantitative estimate of drug-likeness (QED) is 0.575. The molecular formula is C25H21N5O3. The van der Waals surface area contributed by atoms with Crippen molar-refractivity contribution < 1.29 is 9.59 Å². The molecule has 0 radical (unpaired) electrons. The van der Waals surface area contributed by atoms with E-state index >= 15 is 0 Å². The zero-order valence-electron chi connectivity index (χ0n) is 17.8. The van der Waals surface area contributed by atoms with Crippen molar-refractivity contribution >= 4 is 28.4 Å². The second-order valence-corrected chi connectivity index (χ2v) is 9.86. The number of hydrogen-bond donors (Lipinski definition) is 1. The molecule has 2 aromatic carbocycles. The molecule has 6 aliphatic rings. The van der Waals surface area contributed by atoms with Gasteiger partial charge in [-0.1, -0.05) is 30.3 Å². The van der Waals surface area contributed by atoms with Gasteiger partial charge in [0.2, 0.25) is 11.8 Å². The third-order valence-corrected chi connectivity index (χ3v) is 8.54. The Morgan fingerprint density at radius 1 is 1.00 bits per heavy atom. The molecule has 1 aromatic heterocycles. The van der Waals surface area contributed by atoms with Gasteiger partial charge in [0.25, 0.3) is 5.56 Å². The Balaban J connectivity index is 1.44. The molecule has 8 nitrogen and oxygen atoms in total. The standard InChI is InChI=1S/C25H21N5O3/c31-21-18-12-25(19(27-21)20-26-15-8-3-1-6-13(15)22(32)29(18)20)14-7-2-4-9-16(14)30-23(33)17-10-5-11-28(17)24(25)30/h1-4,6-9,17-19,24H,5,10-12H2,(H,27,31)/t17-,18?,19?,24+,25-/m0/s1. The minimum Gasteiger partial charge on any atom is -0.343 e. The highest BCUT2D eigenvalue weighted by molar-refractivity contribution is 6.03. The lowest BCUT2D eigenvalue weighted by Gasteiger charge is -2.53. The summed E-state index contributed by atoms with van der Waals surface area (Å²) in [5.41, 5.74) is 1.91. The first kappa shape index (κ1) is 18.0. The third-order valence-electron chi connectivity index (χ3n) is 8.54. The zero-order valence-corrected chi connectivity index (χ0v) is 17.8. The summed E-state index contributed by atoms with van der Waals surface area (Å²) in [5, 5.41) is 3.75. The number of rotatable bonds is 0. The summed E-state index contributed by atoms with van der Waals surface area (Å²) < 4.78 is 1.61. The van der Waals surface area contributed by atoms with E-state index in [4.69, 9.17) is 4.98 Å². The highest BCUT2D eigenvalue weighted by Crippen LogP contribution is 2.62. The summed E-state index contributed by atoms with van der Waals surface area (Å²) in [5.74, 6) is 0.607. The Morgan fingerprint density at radius 3 is 2.73 bits per heavy atom. The molecule has 0 saturated carbocycles. The SMILES string of the molecule is O=C1NC2c3nc4ccccc4c(=O)n3C1C[C@]21c2ccccc2N2C(=O)[C@@H]3CCCN3[C@H]21. The van der Waals surface area contributed by atoms with Crippen molar-refractivity contribution in [1.82, 2.24) is 19.8 Å². The molecule has 2 bridgehead atoms. The Bertz CT molecular complexity index is 1480. The van der Waals surface area contributed by atoms with E-state index in [9.17, 15) is 14.4 Å². The molecule has 0 aliphatic carbocycles. The molecular weight excluding hydrogens is 418 g/mol. The number of para-hydroxylation sites is 2. The number of carbonyl (C=O) groups excluding carboxylic acids is 2. The molecule has 5 atom stereocenters. The van der Waals surface area contributed by atoms with Crippen LogP contribution in [0, 0.1) is 0 Å². The fourth-order valence-electron chi connectivity index (χ4n) is 7.36. The number of carbonyl (C=O) groups is 2. The van der Waals surface area contributed by atoms with Gasteiger partial charge >= 0.3 is 0 Å². The van der Waals surface area contributed by atoms with E-state index in [-0.39, 0.29) is 29.6 Å². The summed E-state index contributed by atoms with van der Waals surface area (Å²) in [6.45, 7) is 0.858. The number of nitrogens with zero attached hydrogens (tertiary/aromatic N) is 4. The van der Waals surface area contributed by atoms with Gasteiger partial charge in [-0.3, -0.25) is 28.8 Å². The first-order valence-corrected chi connectivity index (χ1v) is 11.6. The van der Waals surface area contributed by atoms with Gasteiger partial charge in [0.05, 0.1) is 22.4 Å². The minimum absolute atomic E-state index is 0.108. The summed E-state index contributed by atoms with van der Waals surface area (Å²) in [6, 6.07) is 14.1. The average Bonchev–Trinajstić information content (AvgIpc) is 3.49. The number of amides is 2. The van der Waals surface area contributed by atoms with E-state index in [2.05, 4.69) is 16.3 Å². The van der Waals surface area contributed by atoms with Crippen molar-refractivity contribution in [2.24, 2.45) is 0 Å². The fraction of sp³-hybridized carbons (Fsp3) is 0.360. The van der Waals surface area contributed by atoms with Gasteiger partial charge < -0.3 is 5.32 Å². The van der Waals surface area contributed by atoms with E-state index < -0.39 is 17.5 Å². The topological polar surface area (TPSA) is 87.5 Å². The summed E-state index contributed by atoms with van der Waals surface area (Å²) >= 11 is 0. The van der Waals surface area contributed by atoms with Crippen LogP contribution in [0.25, 0.3) is 10.9 Å². The van der Waals surface area contributed by atoms with Crippen LogP contribution in [0.4, 0.5) is 5.69 Å². The maximum atomic E-state index is 13.5. The van der Waals surface area contributed by atoms with Crippen molar-refractivity contribution in [1.29, 1.82) is 0 Å². The molecule has 1 spiro atoms. The van der Waals surface area contributed by atoms with Crippen LogP contribution >= 0.6 is 0 Å². The molecule has 3 saturated heterocycles. The number of nitrogens with one attached hydrogen (secondary N) is 1. The number of fused-ring (bicyclic) bond motifs is 7. The number of anilines is 1. The van der Waals surface area contributed by atoms with Gasteiger partial charge in [-0.25, -0.2) is 4.98 Å². The van der Waals surface area contributed by atoms with Crippen molar-refractivity contribution in [3.8, 4) is 0 Å². The van der Waals surface area contributed by atoms with E-state index in [1.807, 2.05) is 41.3 Å². The monoisotopic (exact) mass is 439 g/mol. The highest BCUT2D eigenvalue weighted by Gasteiger charge is 2.70. The van der Waals surface area contributed by atoms with Crippen LogP contribution in [-0.2, 0) is 15.0 Å². The molecule has 9 rings (SSSR count). The molecule has 7 heterocycles. The molecule has 6 aliphatic heterocycles. The number of aromatic nitrogens is 2. The lowest BCUT2D eigenvalue weighted by molar-refractivity contribution is -0.133. The van der Waals surface area contributed by atoms with Gasteiger partial charge in [-0.2, -0.15) is 0 Å². The predicted molar refractivity (Wildman–Crippen MR) is 120 cm³/mol. The lowest BCUT2D eigenvalue weighted by atomic mass is 9.64. The third kappa shape index (κ3) is 1.86. The van der Waals surface area contributed by atoms with Gasteiger partial charge in [0.1, 0.15) is 24.1 Å². The van der Waals surface area contributed by atoms with Crippen LogP contribution in [0.2, 0.25) is 0 Å². The number of benzene rings is 2. The minimum atomic E-state index is -0.653. The number of piperidine rings is 1. The Hall–Kier alpha value is -3.52. The largest absolute Gasteiger partial charge is 0.343 e.